The highest BCUT2D eigenvalue weighted by Gasteiger charge is 2.36. The molecule has 0 N–H and O–H groups in total. The fourth-order valence-electron chi connectivity index (χ4n) is 5.53. The zero-order chi connectivity index (χ0) is 32.7. The molecular formula is C36H36F3N5O2. The Labute approximate surface area is 267 Å². The molecule has 238 valence electrons. The van der Waals surface area contributed by atoms with Crippen LogP contribution in [0.5, 0.6) is 0 Å². The predicted octanol–water partition coefficient (Wildman–Crippen LogP) is 5.98. The summed E-state index contributed by atoms with van der Waals surface area (Å²) in [7, 11) is 3.98. The molecule has 10 heteroatoms. The van der Waals surface area contributed by atoms with Crippen LogP contribution in [-0.4, -0.2) is 75.8 Å². The summed E-state index contributed by atoms with van der Waals surface area (Å²) in [5.41, 5.74) is 2.78. The number of rotatable bonds is 10. The number of benzene rings is 2. The Bertz CT molecular complexity index is 1630. The van der Waals surface area contributed by atoms with Crippen LogP contribution in [0.15, 0.2) is 103 Å². The van der Waals surface area contributed by atoms with Crippen LogP contribution in [0.25, 0.3) is 17.3 Å². The second kappa shape index (κ2) is 14.5. The van der Waals surface area contributed by atoms with E-state index in [-0.39, 0.29) is 18.5 Å². The molecule has 0 saturated carbocycles. The summed E-state index contributed by atoms with van der Waals surface area (Å²) in [5.74, 6) is -0.581. The van der Waals surface area contributed by atoms with E-state index in [9.17, 15) is 22.8 Å². The fourth-order valence-corrected chi connectivity index (χ4v) is 5.53. The fraction of sp³-hybridized carbons (Fsp3) is 0.278. The van der Waals surface area contributed by atoms with Crippen molar-refractivity contribution < 1.29 is 22.8 Å². The number of nitrogens with zero attached hydrogens (tertiary/aromatic N) is 5. The average Bonchev–Trinajstić information content (AvgIpc) is 3.57. The summed E-state index contributed by atoms with van der Waals surface area (Å²) in [6, 6.07) is 24.5. The van der Waals surface area contributed by atoms with Crippen molar-refractivity contribution in [2.75, 3.05) is 27.2 Å². The largest absolute Gasteiger partial charge is 0.433 e. The van der Waals surface area contributed by atoms with E-state index < -0.39 is 23.8 Å². The lowest BCUT2D eigenvalue weighted by Gasteiger charge is -2.33. The molecule has 1 fully saturated rings. The summed E-state index contributed by atoms with van der Waals surface area (Å²) >= 11 is 0. The monoisotopic (exact) mass is 627 g/mol. The first-order valence-electron chi connectivity index (χ1n) is 15.1. The molecular weight excluding hydrogens is 591 g/mol. The lowest BCUT2D eigenvalue weighted by molar-refractivity contribution is -0.143. The molecule has 0 radical (unpaired) electrons. The molecule has 46 heavy (non-hydrogen) atoms. The van der Waals surface area contributed by atoms with Crippen LogP contribution >= 0.6 is 0 Å². The minimum absolute atomic E-state index is 0.142. The maximum atomic E-state index is 14.3. The molecule has 3 heterocycles. The predicted molar refractivity (Wildman–Crippen MR) is 171 cm³/mol. The van der Waals surface area contributed by atoms with E-state index in [1.54, 1.807) is 11.1 Å². The highest BCUT2D eigenvalue weighted by molar-refractivity contribution is 5.95. The number of halogens is 3. The van der Waals surface area contributed by atoms with Gasteiger partial charge in [-0.25, -0.2) is 0 Å². The van der Waals surface area contributed by atoms with Crippen LogP contribution in [0.4, 0.5) is 13.2 Å². The van der Waals surface area contributed by atoms with E-state index in [1.165, 1.54) is 18.2 Å². The van der Waals surface area contributed by atoms with Gasteiger partial charge in [0.05, 0.1) is 5.69 Å². The van der Waals surface area contributed by atoms with Crippen molar-refractivity contribution in [3.05, 3.63) is 126 Å². The van der Waals surface area contributed by atoms with Crippen LogP contribution in [-0.2, 0) is 28.7 Å². The zero-order valence-electron chi connectivity index (χ0n) is 25.8. The summed E-state index contributed by atoms with van der Waals surface area (Å²) in [6.07, 6.45) is 2.09. The van der Waals surface area contributed by atoms with E-state index in [0.29, 0.717) is 25.1 Å². The molecule has 5 rings (SSSR count). The third-order valence-electron chi connectivity index (χ3n) is 8.18. The van der Waals surface area contributed by atoms with E-state index in [2.05, 4.69) is 14.9 Å². The van der Waals surface area contributed by atoms with Gasteiger partial charge in [0.15, 0.2) is 0 Å². The summed E-state index contributed by atoms with van der Waals surface area (Å²) in [5, 5.41) is 0. The average molecular weight is 628 g/mol. The third kappa shape index (κ3) is 8.25. The first-order chi connectivity index (χ1) is 22.1. The van der Waals surface area contributed by atoms with Crippen molar-refractivity contribution in [2.45, 2.75) is 37.6 Å². The van der Waals surface area contributed by atoms with E-state index >= 15 is 0 Å². The quantitative estimate of drug-likeness (QED) is 0.203. The lowest BCUT2D eigenvalue weighted by atomic mass is 10.0. The molecule has 7 nitrogen and oxygen atoms in total. The van der Waals surface area contributed by atoms with Crippen molar-refractivity contribution in [3.63, 3.8) is 0 Å². The molecule has 2 atom stereocenters. The zero-order valence-corrected chi connectivity index (χ0v) is 25.8. The van der Waals surface area contributed by atoms with Gasteiger partial charge >= 0.3 is 6.18 Å². The maximum absolute atomic E-state index is 14.3. The number of alkyl halides is 3. The molecule has 0 unspecified atom stereocenters. The number of hydrogen-bond donors (Lipinski definition) is 0. The lowest BCUT2D eigenvalue weighted by Crippen LogP contribution is -2.51. The second-order valence-corrected chi connectivity index (χ2v) is 11.6. The SMILES string of the molecule is CN(C)[C@@H]1CCN(C(=O)[C@H](Cc2ccccc2)N(Cc2ccc(-c3ccccn3)cc2)C(=O)/C=C/c2ccc(C(F)(F)F)nc2)C1. The number of aromatic nitrogens is 2. The molecule has 0 aliphatic carbocycles. The van der Waals surface area contributed by atoms with Gasteiger partial charge in [-0.2, -0.15) is 13.2 Å². The molecule has 2 aromatic heterocycles. The Kier molecular flexibility index (Phi) is 10.3. The van der Waals surface area contributed by atoms with Gasteiger partial charge in [0, 0.05) is 56.1 Å². The number of likely N-dealkylation sites (tertiary alicyclic amines) is 1. The van der Waals surface area contributed by atoms with Crippen molar-refractivity contribution in [1.29, 1.82) is 0 Å². The summed E-state index contributed by atoms with van der Waals surface area (Å²) in [6.45, 7) is 1.29. The number of carbonyl (C=O) groups excluding carboxylic acids is 2. The highest BCUT2D eigenvalue weighted by Crippen LogP contribution is 2.27. The van der Waals surface area contributed by atoms with E-state index in [0.717, 1.165) is 41.1 Å². The van der Waals surface area contributed by atoms with Crippen molar-refractivity contribution in [3.8, 4) is 11.3 Å². The molecule has 1 aliphatic heterocycles. The Hall–Kier alpha value is -4.83. The molecule has 1 aliphatic rings. The van der Waals surface area contributed by atoms with Gasteiger partial charge in [0.25, 0.3) is 0 Å². The van der Waals surface area contributed by atoms with Gasteiger partial charge in [-0.1, -0.05) is 66.7 Å². The molecule has 2 aromatic carbocycles. The van der Waals surface area contributed by atoms with Crippen molar-refractivity contribution in [1.82, 2.24) is 24.7 Å². The number of likely N-dealkylation sites (N-methyl/N-ethyl adjacent to an activating group) is 1. The number of carbonyl (C=O) groups is 2. The molecule has 1 saturated heterocycles. The third-order valence-corrected chi connectivity index (χ3v) is 8.18. The van der Waals surface area contributed by atoms with Crippen molar-refractivity contribution in [2.24, 2.45) is 0 Å². The van der Waals surface area contributed by atoms with Gasteiger partial charge in [-0.05, 0) is 61.5 Å². The van der Waals surface area contributed by atoms with Crippen LogP contribution in [0.1, 0.15) is 28.8 Å². The standard InChI is InChI=1S/C36H36F3N5O2/c1-42(2)30-19-21-43(25-30)35(46)32(22-26-8-4-3-5-9-26)44(24-28-11-15-29(16-12-28)31-10-6-7-20-40-31)34(45)18-14-27-13-17-33(41-23-27)36(37,38)39/h3-18,20,23,30,32H,19,21-22,24-25H2,1-2H3/b18-14+/t30-,32+/m1/s1. The van der Waals surface area contributed by atoms with E-state index in [4.69, 9.17) is 0 Å². The molecule has 0 spiro atoms. The smallest absolute Gasteiger partial charge is 0.339 e. The Morgan fingerprint density at radius 1 is 0.935 bits per heavy atom. The van der Waals surface area contributed by atoms with Crippen LogP contribution in [0, 0.1) is 0 Å². The highest BCUT2D eigenvalue weighted by atomic mass is 19.4. The normalized spacial score (nSPS) is 15.8. The van der Waals surface area contributed by atoms with Gasteiger partial charge in [0.2, 0.25) is 11.8 Å². The Balaban J connectivity index is 1.47. The first kappa shape index (κ1) is 32.6. The van der Waals surface area contributed by atoms with Crippen LogP contribution in [0.3, 0.4) is 0 Å². The van der Waals surface area contributed by atoms with Gasteiger partial charge in [-0.15, -0.1) is 0 Å². The number of hydrogen-bond acceptors (Lipinski definition) is 5. The summed E-state index contributed by atoms with van der Waals surface area (Å²) < 4.78 is 39.1. The van der Waals surface area contributed by atoms with Crippen LogP contribution < -0.4 is 0 Å². The number of amides is 2. The summed E-state index contributed by atoms with van der Waals surface area (Å²) in [4.78, 5) is 41.7. The van der Waals surface area contributed by atoms with Gasteiger partial charge in [0.1, 0.15) is 11.7 Å². The molecule has 4 aromatic rings. The molecule has 0 bridgehead atoms. The van der Waals surface area contributed by atoms with Crippen molar-refractivity contribution >= 4 is 17.9 Å². The van der Waals surface area contributed by atoms with Gasteiger partial charge in [-0.3, -0.25) is 19.6 Å². The maximum Gasteiger partial charge on any atom is 0.433 e. The minimum atomic E-state index is -4.56. The number of pyridine rings is 2. The minimum Gasteiger partial charge on any atom is -0.339 e. The Morgan fingerprint density at radius 3 is 2.28 bits per heavy atom. The van der Waals surface area contributed by atoms with E-state index in [1.807, 2.05) is 91.8 Å². The van der Waals surface area contributed by atoms with Gasteiger partial charge < -0.3 is 14.7 Å². The van der Waals surface area contributed by atoms with Crippen LogP contribution in [0.2, 0.25) is 0 Å². The topological polar surface area (TPSA) is 69.6 Å². The first-order valence-corrected chi connectivity index (χ1v) is 15.1. The molecule has 2 amide bonds. The Morgan fingerprint density at radius 2 is 1.67 bits per heavy atom. The second-order valence-electron chi connectivity index (χ2n) is 11.6.